The van der Waals surface area contributed by atoms with Crippen LogP contribution >= 0.6 is 0 Å². The first kappa shape index (κ1) is 13.2. The summed E-state index contributed by atoms with van der Waals surface area (Å²) in [5.41, 5.74) is 1.25. The van der Waals surface area contributed by atoms with E-state index < -0.39 is 0 Å². The van der Waals surface area contributed by atoms with Crippen molar-refractivity contribution in [3.63, 3.8) is 0 Å². The number of carbonyl (C=O) groups excluding carboxylic acids is 1. The van der Waals surface area contributed by atoms with Gasteiger partial charge in [0.2, 0.25) is 6.04 Å². The highest BCUT2D eigenvalue weighted by molar-refractivity contribution is 5.78. The molecule has 16 heavy (non-hydrogen) atoms. The molecule has 0 N–H and O–H groups in total. The molecule has 0 saturated carbocycles. The molecule has 4 heteroatoms. The summed E-state index contributed by atoms with van der Waals surface area (Å²) < 4.78 is 2.12. The lowest BCUT2D eigenvalue weighted by Gasteiger charge is -2.15. The molecule has 3 nitrogen and oxygen atoms in total. The van der Waals surface area contributed by atoms with E-state index in [1.165, 1.54) is 5.69 Å². The molecule has 0 bridgehead atoms. The van der Waals surface area contributed by atoms with Gasteiger partial charge in [0.15, 0.2) is 11.9 Å². The zero-order valence-electron chi connectivity index (χ0n) is 9.69. The van der Waals surface area contributed by atoms with E-state index in [0.29, 0.717) is 0 Å². The molecule has 1 amide bonds. The van der Waals surface area contributed by atoms with Gasteiger partial charge in [-0.3, -0.25) is 4.79 Å². The fraction of sp³-hybridized carbons (Fsp3) is 0.500. The van der Waals surface area contributed by atoms with Crippen molar-refractivity contribution in [1.82, 2.24) is 4.90 Å². The van der Waals surface area contributed by atoms with Crippen LogP contribution in [0, 0.1) is 0 Å². The first-order valence-corrected chi connectivity index (χ1v) is 5.48. The number of hydrogen-bond donors (Lipinski definition) is 0. The highest BCUT2D eigenvalue weighted by atomic mass is 79.9. The topological polar surface area (TPSA) is 24.2 Å². The van der Waals surface area contributed by atoms with E-state index in [-0.39, 0.29) is 28.9 Å². The van der Waals surface area contributed by atoms with Crippen molar-refractivity contribution in [3.8, 4) is 0 Å². The Labute approximate surface area is 107 Å². The van der Waals surface area contributed by atoms with Crippen LogP contribution in [0.25, 0.3) is 0 Å². The second kappa shape index (κ2) is 5.43. The Bertz CT molecular complexity index is 381. The quantitative estimate of drug-likeness (QED) is 0.545. The molecule has 0 saturated heterocycles. The zero-order valence-corrected chi connectivity index (χ0v) is 11.3. The molecule has 2 rings (SSSR count). The Balaban J connectivity index is 0.00000128. The van der Waals surface area contributed by atoms with E-state index in [2.05, 4.69) is 17.6 Å². The lowest BCUT2D eigenvalue weighted by atomic mass is 10.2. The van der Waals surface area contributed by atoms with Gasteiger partial charge in [-0.05, 0) is 0 Å². The van der Waals surface area contributed by atoms with Gasteiger partial charge in [0.25, 0.3) is 5.91 Å². The summed E-state index contributed by atoms with van der Waals surface area (Å²) in [6.07, 6.45) is 3.81. The molecule has 0 aliphatic carbocycles. The minimum absolute atomic E-state index is 0. The maximum absolute atomic E-state index is 12.0. The summed E-state index contributed by atoms with van der Waals surface area (Å²) in [7, 11) is 1.89. The molecule has 88 valence electrons. The Morgan fingerprint density at radius 2 is 2.25 bits per heavy atom. The van der Waals surface area contributed by atoms with Gasteiger partial charge in [-0.25, -0.2) is 0 Å². The summed E-state index contributed by atoms with van der Waals surface area (Å²) in [6.45, 7) is 2.88. The smallest absolute Gasteiger partial charge is 0.291 e. The highest BCUT2D eigenvalue weighted by Crippen LogP contribution is 2.12. The second-order valence-corrected chi connectivity index (χ2v) is 4.03. The predicted octanol–water partition coefficient (Wildman–Crippen LogP) is -2.06. The van der Waals surface area contributed by atoms with Crippen LogP contribution in [-0.4, -0.2) is 24.4 Å². The van der Waals surface area contributed by atoms with Gasteiger partial charge >= 0.3 is 0 Å². The first-order chi connectivity index (χ1) is 7.24. The Kier molecular flexibility index (Phi) is 4.47. The zero-order chi connectivity index (χ0) is 10.8. The molecule has 0 aromatic carbocycles. The maximum atomic E-state index is 12.0. The summed E-state index contributed by atoms with van der Waals surface area (Å²) >= 11 is 0. The number of pyridine rings is 1. The molecule has 1 aliphatic heterocycles. The van der Waals surface area contributed by atoms with Crippen molar-refractivity contribution in [2.75, 3.05) is 13.6 Å². The maximum Gasteiger partial charge on any atom is 0.291 e. The lowest BCUT2D eigenvalue weighted by Crippen LogP contribution is -3.00. The number of hydrogen-bond acceptors (Lipinski definition) is 1. The van der Waals surface area contributed by atoms with Gasteiger partial charge in [-0.2, -0.15) is 4.57 Å². The number of aromatic nitrogens is 1. The Morgan fingerprint density at radius 3 is 2.94 bits per heavy atom. The molecule has 2 heterocycles. The van der Waals surface area contributed by atoms with Crippen LogP contribution in [-0.2, 0) is 11.2 Å². The number of fused-ring (bicyclic) bond motifs is 1. The third-order valence-electron chi connectivity index (χ3n) is 3.07. The average Bonchev–Trinajstić information content (AvgIpc) is 2.38. The molecule has 1 aromatic rings. The van der Waals surface area contributed by atoms with E-state index in [4.69, 9.17) is 0 Å². The molecule has 1 aromatic heterocycles. The molecule has 1 aliphatic rings. The van der Waals surface area contributed by atoms with E-state index in [0.717, 1.165) is 19.4 Å². The molecule has 0 radical (unpaired) electrons. The molecule has 0 fully saturated rings. The Morgan fingerprint density at radius 1 is 1.50 bits per heavy atom. The van der Waals surface area contributed by atoms with Crippen molar-refractivity contribution in [2.24, 2.45) is 0 Å². The van der Waals surface area contributed by atoms with Crippen molar-refractivity contribution < 1.29 is 26.3 Å². The lowest BCUT2D eigenvalue weighted by molar-refractivity contribution is -0.715. The minimum atomic E-state index is -0.0197. The van der Waals surface area contributed by atoms with Gasteiger partial charge in [0.1, 0.15) is 0 Å². The van der Waals surface area contributed by atoms with Gasteiger partial charge < -0.3 is 21.9 Å². The minimum Gasteiger partial charge on any atom is -1.00 e. The normalized spacial score (nSPS) is 19.8. The fourth-order valence-electron chi connectivity index (χ4n) is 2.14. The summed E-state index contributed by atoms with van der Waals surface area (Å²) in [6, 6.07) is 6.11. The standard InChI is InChI=1S/C12H17N2O.BrH/c1-3-11-12(15)13(2)9-7-10-6-4-5-8-14(10)11;/h4-6,8,11H,3,7,9H2,1-2H3;1H/q+1;/p-1. The first-order valence-electron chi connectivity index (χ1n) is 5.48. The number of halogens is 1. The average molecular weight is 285 g/mol. The SMILES string of the molecule is CCC1C(=O)N(C)CCc2cccc[n+]21.[Br-]. The van der Waals surface area contributed by atoms with Crippen LogP contribution in [0.3, 0.4) is 0 Å². The molecule has 1 unspecified atom stereocenters. The van der Waals surface area contributed by atoms with Crippen LogP contribution in [0.1, 0.15) is 25.1 Å². The summed E-state index contributed by atoms with van der Waals surface area (Å²) in [5, 5.41) is 0. The van der Waals surface area contributed by atoms with Crippen LogP contribution in [0.2, 0.25) is 0 Å². The second-order valence-electron chi connectivity index (χ2n) is 4.03. The van der Waals surface area contributed by atoms with Crippen LogP contribution in [0.15, 0.2) is 24.4 Å². The van der Waals surface area contributed by atoms with Crippen molar-refractivity contribution >= 4 is 5.91 Å². The summed E-state index contributed by atoms with van der Waals surface area (Å²) in [5.74, 6) is 0.229. The number of rotatable bonds is 1. The van der Waals surface area contributed by atoms with E-state index in [9.17, 15) is 4.79 Å². The third-order valence-corrected chi connectivity index (χ3v) is 3.07. The fourth-order valence-corrected chi connectivity index (χ4v) is 2.14. The predicted molar refractivity (Wildman–Crippen MR) is 57.3 cm³/mol. The molecular weight excluding hydrogens is 268 g/mol. The van der Waals surface area contributed by atoms with Gasteiger partial charge in [-0.15, -0.1) is 0 Å². The van der Waals surface area contributed by atoms with Crippen molar-refractivity contribution in [2.45, 2.75) is 25.8 Å². The molecule has 1 atom stereocenters. The van der Waals surface area contributed by atoms with Crippen LogP contribution < -0.4 is 21.5 Å². The summed E-state index contributed by atoms with van der Waals surface area (Å²) in [4.78, 5) is 13.9. The van der Waals surface area contributed by atoms with Crippen LogP contribution in [0.4, 0.5) is 0 Å². The van der Waals surface area contributed by atoms with Crippen molar-refractivity contribution in [1.29, 1.82) is 0 Å². The van der Waals surface area contributed by atoms with Crippen molar-refractivity contribution in [3.05, 3.63) is 30.1 Å². The van der Waals surface area contributed by atoms with Gasteiger partial charge in [-0.1, -0.05) is 13.0 Å². The van der Waals surface area contributed by atoms with Gasteiger partial charge in [0, 0.05) is 32.1 Å². The van der Waals surface area contributed by atoms with Crippen LogP contribution in [0.5, 0.6) is 0 Å². The third kappa shape index (κ3) is 2.26. The highest BCUT2D eigenvalue weighted by Gasteiger charge is 2.33. The number of carbonyl (C=O) groups is 1. The molecular formula is C12H17BrN2O. The number of likely N-dealkylation sites (N-methyl/N-ethyl adjacent to an activating group) is 1. The Hall–Kier alpha value is -0.900. The number of nitrogens with zero attached hydrogens (tertiary/aromatic N) is 2. The van der Waals surface area contributed by atoms with Gasteiger partial charge in [0.05, 0.1) is 6.42 Å². The number of amides is 1. The van der Waals surface area contributed by atoms with E-state index in [1.807, 2.05) is 30.3 Å². The van der Waals surface area contributed by atoms with E-state index in [1.54, 1.807) is 0 Å². The largest absolute Gasteiger partial charge is 1.00 e. The van der Waals surface area contributed by atoms with E-state index >= 15 is 0 Å². The molecule has 0 spiro atoms. The monoisotopic (exact) mass is 284 g/mol.